The molecule has 3 rings (SSSR count). The van der Waals surface area contributed by atoms with E-state index in [2.05, 4.69) is 15.5 Å². The van der Waals surface area contributed by atoms with Crippen molar-refractivity contribution in [1.82, 2.24) is 10.2 Å². The van der Waals surface area contributed by atoms with Crippen LogP contribution in [-0.4, -0.2) is 29.8 Å². The van der Waals surface area contributed by atoms with E-state index in [-0.39, 0.29) is 5.91 Å². The van der Waals surface area contributed by atoms with Gasteiger partial charge in [-0.25, -0.2) is 0 Å². The number of aromatic amines is 1. The molecule has 1 amide bonds. The molecule has 0 bridgehead atoms. The van der Waals surface area contributed by atoms with Gasteiger partial charge in [0.15, 0.2) is 11.5 Å². The minimum Gasteiger partial charge on any atom is -0.493 e. The average Bonchev–Trinajstić information content (AvgIpc) is 3.07. The van der Waals surface area contributed by atoms with Crippen LogP contribution in [0.4, 0.5) is 5.69 Å². The SMILES string of the molecule is COc1cc(C(=O)Nc2ccc3[nH]ncc3c2)cc(Cl)c1OCC(C)C. The highest BCUT2D eigenvalue weighted by Crippen LogP contribution is 2.37. The van der Waals surface area contributed by atoms with E-state index in [1.165, 1.54) is 7.11 Å². The van der Waals surface area contributed by atoms with Crippen molar-refractivity contribution in [2.24, 2.45) is 5.92 Å². The number of benzene rings is 2. The van der Waals surface area contributed by atoms with Crippen molar-refractivity contribution in [3.63, 3.8) is 0 Å². The standard InChI is InChI=1S/C19H20ClN3O3/c1-11(2)10-26-18-15(20)7-12(8-17(18)25-3)19(24)22-14-4-5-16-13(6-14)9-21-23-16/h4-9,11H,10H2,1-3H3,(H,21,23)(H,22,24). The molecule has 6 nitrogen and oxygen atoms in total. The molecule has 136 valence electrons. The van der Waals surface area contributed by atoms with Crippen LogP contribution in [0.5, 0.6) is 11.5 Å². The summed E-state index contributed by atoms with van der Waals surface area (Å²) in [7, 11) is 1.52. The van der Waals surface area contributed by atoms with E-state index < -0.39 is 0 Å². The summed E-state index contributed by atoms with van der Waals surface area (Å²) >= 11 is 6.31. The molecule has 0 aliphatic carbocycles. The van der Waals surface area contributed by atoms with Crippen molar-refractivity contribution >= 4 is 34.1 Å². The first kappa shape index (κ1) is 18.1. The number of carbonyl (C=O) groups is 1. The van der Waals surface area contributed by atoms with Gasteiger partial charge in [0.1, 0.15) is 0 Å². The first-order valence-corrected chi connectivity index (χ1v) is 8.60. The Labute approximate surface area is 156 Å². The first-order chi connectivity index (χ1) is 12.5. The Hall–Kier alpha value is -2.73. The van der Waals surface area contributed by atoms with Crippen molar-refractivity contribution in [2.45, 2.75) is 13.8 Å². The van der Waals surface area contributed by atoms with E-state index in [0.717, 1.165) is 10.9 Å². The van der Waals surface area contributed by atoms with Gasteiger partial charge < -0.3 is 14.8 Å². The molecule has 1 aromatic heterocycles. The van der Waals surface area contributed by atoms with Crippen molar-refractivity contribution in [2.75, 3.05) is 19.0 Å². The molecule has 0 unspecified atom stereocenters. The Morgan fingerprint density at radius 2 is 2.12 bits per heavy atom. The minimum absolute atomic E-state index is 0.288. The molecule has 2 N–H and O–H groups in total. The Morgan fingerprint density at radius 1 is 1.31 bits per heavy atom. The van der Waals surface area contributed by atoms with Gasteiger partial charge in [-0.1, -0.05) is 25.4 Å². The number of ether oxygens (including phenoxy) is 2. The summed E-state index contributed by atoms with van der Waals surface area (Å²) < 4.78 is 11.1. The molecule has 0 saturated carbocycles. The lowest BCUT2D eigenvalue weighted by atomic mass is 10.1. The number of H-pyrrole nitrogens is 1. The number of hydrogen-bond donors (Lipinski definition) is 2. The quantitative estimate of drug-likeness (QED) is 0.666. The minimum atomic E-state index is -0.288. The predicted octanol–water partition coefficient (Wildman–Crippen LogP) is 4.51. The van der Waals surface area contributed by atoms with Gasteiger partial charge in [-0.15, -0.1) is 0 Å². The third-order valence-corrected chi connectivity index (χ3v) is 4.03. The zero-order valence-corrected chi connectivity index (χ0v) is 15.6. The highest BCUT2D eigenvalue weighted by molar-refractivity contribution is 6.32. The number of amides is 1. The number of nitrogens with one attached hydrogen (secondary N) is 2. The highest BCUT2D eigenvalue weighted by atomic mass is 35.5. The fourth-order valence-corrected chi connectivity index (χ4v) is 2.73. The fraction of sp³-hybridized carbons (Fsp3) is 0.263. The smallest absolute Gasteiger partial charge is 0.255 e. The van der Waals surface area contributed by atoms with E-state index >= 15 is 0 Å². The van der Waals surface area contributed by atoms with Crippen LogP contribution < -0.4 is 14.8 Å². The molecule has 0 atom stereocenters. The maximum absolute atomic E-state index is 12.6. The Kier molecular flexibility index (Phi) is 5.32. The van der Waals surface area contributed by atoms with E-state index in [9.17, 15) is 4.79 Å². The molecule has 0 radical (unpaired) electrons. The summed E-state index contributed by atoms with van der Waals surface area (Å²) in [6.45, 7) is 4.59. The monoisotopic (exact) mass is 373 g/mol. The average molecular weight is 374 g/mol. The Bertz CT molecular complexity index is 937. The molecule has 7 heteroatoms. The van der Waals surface area contributed by atoms with Gasteiger partial charge in [-0.3, -0.25) is 9.89 Å². The Balaban J connectivity index is 1.83. The van der Waals surface area contributed by atoms with Crippen LogP contribution in [0.25, 0.3) is 10.9 Å². The van der Waals surface area contributed by atoms with Gasteiger partial charge in [0.05, 0.1) is 30.5 Å². The van der Waals surface area contributed by atoms with E-state index in [1.54, 1.807) is 24.4 Å². The maximum Gasteiger partial charge on any atom is 0.255 e. The molecule has 26 heavy (non-hydrogen) atoms. The van der Waals surface area contributed by atoms with Gasteiger partial charge in [-0.2, -0.15) is 5.10 Å². The summed E-state index contributed by atoms with van der Waals surface area (Å²) in [5.41, 5.74) is 1.95. The van der Waals surface area contributed by atoms with Crippen molar-refractivity contribution in [3.8, 4) is 11.5 Å². The van der Waals surface area contributed by atoms with Crippen LogP contribution in [-0.2, 0) is 0 Å². The van der Waals surface area contributed by atoms with E-state index in [4.69, 9.17) is 21.1 Å². The number of hydrogen-bond acceptors (Lipinski definition) is 4. The largest absolute Gasteiger partial charge is 0.493 e. The van der Waals surface area contributed by atoms with Gasteiger partial charge in [0.2, 0.25) is 0 Å². The van der Waals surface area contributed by atoms with Crippen LogP contribution >= 0.6 is 11.6 Å². The second-order valence-electron chi connectivity index (χ2n) is 6.32. The molecule has 0 saturated heterocycles. The third-order valence-electron chi connectivity index (χ3n) is 3.75. The normalized spacial score (nSPS) is 11.0. The molecular weight excluding hydrogens is 354 g/mol. The second kappa shape index (κ2) is 7.66. The number of nitrogens with zero attached hydrogens (tertiary/aromatic N) is 1. The number of carbonyl (C=O) groups excluding carboxylic acids is 1. The molecule has 0 aliphatic rings. The second-order valence-corrected chi connectivity index (χ2v) is 6.73. The van der Waals surface area contributed by atoms with Crippen molar-refractivity contribution in [1.29, 1.82) is 0 Å². The third kappa shape index (κ3) is 3.91. The molecule has 3 aromatic rings. The molecular formula is C19H20ClN3O3. The number of anilines is 1. The molecule has 2 aromatic carbocycles. The van der Waals surface area contributed by atoms with Crippen LogP contribution in [0.15, 0.2) is 36.5 Å². The zero-order valence-electron chi connectivity index (χ0n) is 14.8. The number of methoxy groups -OCH3 is 1. The summed E-state index contributed by atoms with van der Waals surface area (Å²) in [6, 6.07) is 8.69. The Morgan fingerprint density at radius 3 is 2.85 bits per heavy atom. The van der Waals surface area contributed by atoms with Gasteiger partial charge in [0.25, 0.3) is 5.91 Å². The molecule has 0 fully saturated rings. The van der Waals surface area contributed by atoms with Crippen LogP contribution in [0.1, 0.15) is 24.2 Å². The van der Waals surface area contributed by atoms with Gasteiger partial charge >= 0.3 is 0 Å². The zero-order chi connectivity index (χ0) is 18.7. The molecule has 0 spiro atoms. The van der Waals surface area contributed by atoms with E-state index in [0.29, 0.717) is 40.3 Å². The number of halogens is 1. The summed E-state index contributed by atoms with van der Waals surface area (Å²) in [4.78, 5) is 12.6. The lowest BCUT2D eigenvalue weighted by molar-refractivity contribution is 0.102. The van der Waals surface area contributed by atoms with Crippen LogP contribution in [0.3, 0.4) is 0 Å². The summed E-state index contributed by atoms with van der Waals surface area (Å²) in [6.07, 6.45) is 1.70. The lowest BCUT2D eigenvalue weighted by Gasteiger charge is -2.15. The molecule has 0 aliphatic heterocycles. The highest BCUT2D eigenvalue weighted by Gasteiger charge is 2.16. The van der Waals surface area contributed by atoms with Crippen LogP contribution in [0, 0.1) is 5.92 Å². The topological polar surface area (TPSA) is 76.2 Å². The maximum atomic E-state index is 12.6. The first-order valence-electron chi connectivity index (χ1n) is 8.22. The number of fused-ring (bicyclic) bond motifs is 1. The van der Waals surface area contributed by atoms with Crippen molar-refractivity contribution < 1.29 is 14.3 Å². The lowest BCUT2D eigenvalue weighted by Crippen LogP contribution is -2.13. The predicted molar refractivity (Wildman–Crippen MR) is 102 cm³/mol. The van der Waals surface area contributed by atoms with E-state index in [1.807, 2.05) is 26.0 Å². The fourth-order valence-electron chi connectivity index (χ4n) is 2.46. The molecule has 1 heterocycles. The van der Waals surface area contributed by atoms with Gasteiger partial charge in [-0.05, 0) is 36.2 Å². The van der Waals surface area contributed by atoms with Crippen molar-refractivity contribution in [3.05, 3.63) is 47.1 Å². The summed E-state index contributed by atoms with van der Waals surface area (Å²) in [5, 5.41) is 10.9. The summed E-state index contributed by atoms with van der Waals surface area (Å²) in [5.74, 6) is 0.924. The number of aromatic nitrogens is 2. The van der Waals surface area contributed by atoms with Gasteiger partial charge in [0, 0.05) is 16.6 Å². The van der Waals surface area contributed by atoms with Crippen LogP contribution in [0.2, 0.25) is 5.02 Å². The number of rotatable bonds is 6.